The average Bonchev–Trinajstić information content (AvgIpc) is 2.89. The lowest BCUT2D eigenvalue weighted by atomic mass is 9.88. The summed E-state index contributed by atoms with van der Waals surface area (Å²) in [6.45, 7) is 4.69. The van der Waals surface area contributed by atoms with Crippen molar-refractivity contribution >= 4 is 28.9 Å². The number of alkyl halides is 2. The van der Waals surface area contributed by atoms with Crippen LogP contribution in [0.3, 0.4) is 0 Å². The number of carbonyl (C=O) groups is 1. The predicted molar refractivity (Wildman–Crippen MR) is 138 cm³/mol. The van der Waals surface area contributed by atoms with E-state index in [1.54, 1.807) is 6.07 Å². The molecule has 2 unspecified atom stereocenters. The largest absolute Gasteiger partial charge is 0.459 e. The van der Waals surface area contributed by atoms with E-state index in [0.717, 1.165) is 54.0 Å². The number of hydrogen-bond acceptors (Lipinski definition) is 6. The molecular formula is C27H27F2N4O3S+. The highest BCUT2D eigenvalue weighted by Gasteiger charge is 2.40. The van der Waals surface area contributed by atoms with Gasteiger partial charge in [-0.05, 0) is 48.4 Å². The zero-order valence-electron chi connectivity index (χ0n) is 20.5. The number of carbonyl (C=O) groups excluding carboxylic acids is 1. The first kappa shape index (κ1) is 25.3. The molecule has 0 radical (unpaired) electrons. The molecule has 7 nitrogen and oxygen atoms in total. The smallest absolute Gasteiger partial charge is 0.377 e. The van der Waals surface area contributed by atoms with E-state index in [9.17, 15) is 17.8 Å². The summed E-state index contributed by atoms with van der Waals surface area (Å²) in [7, 11) is 0. The van der Waals surface area contributed by atoms with Gasteiger partial charge in [0.1, 0.15) is 5.69 Å². The van der Waals surface area contributed by atoms with Crippen molar-refractivity contribution in [2.45, 2.75) is 32.2 Å². The van der Waals surface area contributed by atoms with Gasteiger partial charge in [0.25, 0.3) is 11.8 Å². The molecular weight excluding hydrogens is 498 g/mol. The summed E-state index contributed by atoms with van der Waals surface area (Å²) < 4.78 is 44.3. The van der Waals surface area contributed by atoms with Crippen LogP contribution >= 0.6 is 0 Å². The maximum absolute atomic E-state index is 13.7. The van der Waals surface area contributed by atoms with Crippen LogP contribution in [0.5, 0.6) is 0 Å². The average molecular weight is 526 g/mol. The number of halogens is 2. The van der Waals surface area contributed by atoms with E-state index in [0.29, 0.717) is 36.3 Å². The van der Waals surface area contributed by atoms with Crippen LogP contribution in [0.1, 0.15) is 34.2 Å². The third-order valence-corrected chi connectivity index (χ3v) is 7.55. The Labute approximate surface area is 217 Å². The van der Waals surface area contributed by atoms with Crippen LogP contribution in [-0.2, 0) is 33.0 Å². The zero-order chi connectivity index (χ0) is 26.2. The van der Waals surface area contributed by atoms with Crippen molar-refractivity contribution in [2.24, 2.45) is 5.92 Å². The Kier molecular flexibility index (Phi) is 6.96. The van der Waals surface area contributed by atoms with E-state index in [-0.39, 0.29) is 17.5 Å². The Balaban J connectivity index is 1.43. The summed E-state index contributed by atoms with van der Waals surface area (Å²) >= 11 is 0.612. The number of anilines is 2. The highest BCUT2D eigenvalue weighted by atomic mass is 32.1. The first-order chi connectivity index (χ1) is 17.7. The van der Waals surface area contributed by atoms with Crippen molar-refractivity contribution in [1.29, 1.82) is 0 Å². The number of pyridine rings is 2. The van der Waals surface area contributed by atoms with E-state index in [1.165, 1.54) is 12.3 Å². The summed E-state index contributed by atoms with van der Waals surface area (Å²) in [5, 5.41) is 2.81. The molecule has 2 aromatic heterocycles. The van der Waals surface area contributed by atoms with Crippen molar-refractivity contribution in [3.8, 4) is 11.1 Å². The molecule has 0 aliphatic carbocycles. The number of amides is 1. The fourth-order valence-electron chi connectivity index (χ4n) is 5.01. The molecule has 10 heteroatoms. The summed E-state index contributed by atoms with van der Waals surface area (Å²) in [6, 6.07) is 10.3. The molecule has 192 valence electrons. The molecule has 1 amide bonds. The van der Waals surface area contributed by atoms with E-state index in [1.807, 2.05) is 25.3 Å². The Bertz CT molecular complexity index is 1350. The van der Waals surface area contributed by atoms with Gasteiger partial charge in [-0.1, -0.05) is 6.07 Å². The molecule has 0 spiro atoms. The van der Waals surface area contributed by atoms with Gasteiger partial charge in [-0.3, -0.25) is 14.8 Å². The molecule has 0 saturated carbocycles. The minimum atomic E-state index is -3.14. The number of hydrogen-bond donors (Lipinski definition) is 1. The van der Waals surface area contributed by atoms with Gasteiger partial charge >= 0.3 is 11.7 Å². The Hall–Kier alpha value is -3.37. The van der Waals surface area contributed by atoms with Gasteiger partial charge in [-0.2, -0.15) is 8.78 Å². The number of aromatic nitrogens is 2. The minimum Gasteiger partial charge on any atom is -0.377 e. The van der Waals surface area contributed by atoms with Gasteiger partial charge in [0.05, 0.1) is 30.6 Å². The summed E-state index contributed by atoms with van der Waals surface area (Å²) in [5.41, 5.74) is 5.04. The monoisotopic (exact) mass is 525 g/mol. The number of rotatable bonds is 6. The number of morpholine rings is 1. The first-order valence-electron chi connectivity index (χ1n) is 12.1. The van der Waals surface area contributed by atoms with E-state index < -0.39 is 17.5 Å². The van der Waals surface area contributed by atoms with Crippen LogP contribution in [0.25, 0.3) is 11.1 Å². The molecule has 1 N–H and O–H groups in total. The maximum Gasteiger partial charge on any atom is 0.459 e. The van der Waals surface area contributed by atoms with Crippen LogP contribution < -0.4 is 10.2 Å². The summed E-state index contributed by atoms with van der Waals surface area (Å²) in [5.74, 6) is -2.93. The van der Waals surface area contributed by atoms with Gasteiger partial charge in [-0.15, -0.1) is 0 Å². The van der Waals surface area contributed by atoms with Crippen molar-refractivity contribution in [1.82, 2.24) is 9.97 Å². The summed E-state index contributed by atoms with van der Waals surface area (Å²) in [4.78, 5) is 23.6. The third kappa shape index (κ3) is 5.21. The fourth-order valence-corrected chi connectivity index (χ4v) is 5.53. The van der Waals surface area contributed by atoms with Gasteiger partial charge in [0, 0.05) is 59.2 Å². The molecule has 37 heavy (non-hydrogen) atoms. The molecule has 3 aromatic rings. The standard InChI is InChI=1S/C27H26F2N4O3S/c1-16-3-4-20(32-26(34)17-5-6-30-25(11-17)27(2,28)29)12-21(16)18-10-23-22(31-13-18)9-19(15-37-35)24-14-36-8-7-33(23)24/h3-6,10-13,19,24H,7-9,14-15H2,1-2H3/p+1. The molecule has 0 bridgehead atoms. The lowest BCUT2D eigenvalue weighted by Gasteiger charge is -2.44. The van der Waals surface area contributed by atoms with Crippen LogP contribution in [0.15, 0.2) is 48.8 Å². The molecule has 5 rings (SSSR count). The fraction of sp³-hybridized carbons (Fsp3) is 0.370. The lowest BCUT2D eigenvalue weighted by molar-refractivity contribution is 0.0127. The molecule has 1 fully saturated rings. The van der Waals surface area contributed by atoms with E-state index >= 15 is 0 Å². The number of benzene rings is 1. The number of aryl methyl sites for hydroxylation is 1. The molecule has 1 aromatic carbocycles. The number of fused-ring (bicyclic) bond motifs is 3. The second-order valence-corrected chi connectivity index (χ2v) is 10.1. The van der Waals surface area contributed by atoms with Crippen LogP contribution in [0.2, 0.25) is 0 Å². The molecule has 2 aliphatic rings. The molecule has 2 aliphatic heterocycles. The Morgan fingerprint density at radius 3 is 2.86 bits per heavy atom. The minimum absolute atomic E-state index is 0.105. The quantitative estimate of drug-likeness (QED) is 0.473. The van der Waals surface area contributed by atoms with Gasteiger partial charge < -0.3 is 15.0 Å². The molecule has 2 atom stereocenters. The number of nitrogens with one attached hydrogen (secondary N) is 1. The zero-order valence-corrected chi connectivity index (χ0v) is 21.4. The SMILES string of the molecule is Cc1ccc(NC(=O)c2ccnc(C(C)(F)F)c2)cc1-c1cnc2c(c1)N1CCOCC1C(C[S+]=O)C2. The van der Waals surface area contributed by atoms with Crippen LogP contribution in [0, 0.1) is 12.8 Å². The highest BCUT2D eigenvalue weighted by Crippen LogP contribution is 2.38. The van der Waals surface area contributed by atoms with Crippen molar-refractivity contribution in [2.75, 3.05) is 35.7 Å². The van der Waals surface area contributed by atoms with Gasteiger partial charge in [0.2, 0.25) is 5.75 Å². The maximum atomic E-state index is 13.7. The topological polar surface area (TPSA) is 84.4 Å². The second kappa shape index (κ2) is 10.2. The Morgan fingerprint density at radius 2 is 2.08 bits per heavy atom. The number of ether oxygens (including phenoxy) is 1. The van der Waals surface area contributed by atoms with E-state index in [4.69, 9.17) is 9.72 Å². The second-order valence-electron chi connectivity index (χ2n) is 9.58. The van der Waals surface area contributed by atoms with Gasteiger partial charge in [-0.25, -0.2) is 0 Å². The normalized spacial score (nSPS) is 19.1. The first-order valence-corrected chi connectivity index (χ1v) is 13.0. The van der Waals surface area contributed by atoms with Crippen molar-refractivity contribution in [3.63, 3.8) is 0 Å². The predicted octanol–water partition coefficient (Wildman–Crippen LogP) is 4.62. The number of nitrogens with zero attached hydrogens (tertiary/aromatic N) is 3. The molecule has 4 heterocycles. The lowest BCUT2D eigenvalue weighted by Crippen LogP contribution is -2.54. The Morgan fingerprint density at radius 1 is 1.24 bits per heavy atom. The summed E-state index contributed by atoms with van der Waals surface area (Å²) in [6.07, 6.45) is 3.77. The highest BCUT2D eigenvalue weighted by molar-refractivity contribution is 7.65. The molecule has 1 saturated heterocycles. The van der Waals surface area contributed by atoms with E-state index in [2.05, 4.69) is 21.3 Å². The van der Waals surface area contributed by atoms with Gasteiger partial charge in [0.15, 0.2) is 0 Å². The van der Waals surface area contributed by atoms with Crippen molar-refractivity contribution < 1.29 is 22.5 Å². The third-order valence-electron chi connectivity index (χ3n) is 6.98. The van der Waals surface area contributed by atoms with Crippen molar-refractivity contribution in [3.05, 3.63) is 71.3 Å². The van der Waals surface area contributed by atoms with Crippen LogP contribution in [0.4, 0.5) is 20.2 Å². The van der Waals surface area contributed by atoms with Crippen LogP contribution in [-0.4, -0.2) is 47.4 Å².